The van der Waals surface area contributed by atoms with Crippen LogP contribution >= 0.6 is 0 Å². The fourth-order valence-electron chi connectivity index (χ4n) is 5.06. The van der Waals surface area contributed by atoms with Crippen molar-refractivity contribution in [1.82, 2.24) is 20.0 Å². The minimum atomic E-state index is -0.278. The van der Waals surface area contributed by atoms with Crippen molar-refractivity contribution in [3.63, 3.8) is 0 Å². The molecule has 3 aliphatic heterocycles. The van der Waals surface area contributed by atoms with E-state index in [4.69, 9.17) is 0 Å². The van der Waals surface area contributed by atoms with E-state index in [-0.39, 0.29) is 30.3 Å². The first kappa shape index (κ1) is 21.8. The number of piperidine rings is 1. The molecule has 0 unspecified atom stereocenters. The second-order valence-electron chi connectivity index (χ2n) is 9.13. The molecule has 3 aliphatic rings. The van der Waals surface area contributed by atoms with Crippen LogP contribution in [0.1, 0.15) is 61.4 Å². The highest BCUT2D eigenvalue weighted by Crippen LogP contribution is 2.24. The van der Waals surface area contributed by atoms with Crippen LogP contribution in [-0.2, 0) is 16.1 Å². The van der Waals surface area contributed by atoms with Crippen molar-refractivity contribution < 1.29 is 14.4 Å². The van der Waals surface area contributed by atoms with E-state index in [0.717, 1.165) is 31.4 Å². The number of hydrogen-bond acceptors (Lipinski definition) is 4. The average molecular weight is 427 g/mol. The Hall–Kier alpha value is -2.41. The number of nitrogens with one attached hydrogen (secondary N) is 1. The van der Waals surface area contributed by atoms with Gasteiger partial charge in [-0.1, -0.05) is 18.6 Å². The monoisotopic (exact) mass is 426 g/mol. The second kappa shape index (κ2) is 9.81. The van der Waals surface area contributed by atoms with Gasteiger partial charge in [-0.3, -0.25) is 14.4 Å². The number of likely N-dealkylation sites (tertiary alicyclic amines) is 1. The van der Waals surface area contributed by atoms with Crippen LogP contribution in [0.3, 0.4) is 0 Å². The van der Waals surface area contributed by atoms with Gasteiger partial charge in [0.25, 0.3) is 5.91 Å². The Balaban J connectivity index is 1.23. The number of nitrogens with zero attached hydrogens (tertiary/aromatic N) is 3. The summed E-state index contributed by atoms with van der Waals surface area (Å²) in [7, 11) is 0. The lowest BCUT2D eigenvalue weighted by Gasteiger charge is -2.36. The van der Waals surface area contributed by atoms with Crippen LogP contribution in [0.15, 0.2) is 24.3 Å². The second-order valence-corrected chi connectivity index (χ2v) is 9.13. The number of rotatable bonds is 7. The van der Waals surface area contributed by atoms with Crippen molar-refractivity contribution in [2.45, 2.75) is 64.1 Å². The van der Waals surface area contributed by atoms with Crippen LogP contribution < -0.4 is 5.32 Å². The number of piperazine rings is 1. The number of hydrogen-bond donors (Lipinski definition) is 1. The summed E-state index contributed by atoms with van der Waals surface area (Å²) in [6.45, 7) is 6.41. The number of fused-ring (bicyclic) bond motifs is 1. The van der Waals surface area contributed by atoms with Crippen molar-refractivity contribution >= 4 is 17.7 Å². The maximum Gasteiger partial charge on any atom is 0.251 e. The predicted molar refractivity (Wildman–Crippen MR) is 118 cm³/mol. The molecule has 0 aromatic heterocycles. The minimum Gasteiger partial charge on any atom is -0.352 e. The summed E-state index contributed by atoms with van der Waals surface area (Å²) >= 11 is 0. The SMILES string of the molecule is C[C@@H]1CCCCN1CCCNC(=O)c1ccc(CN2CC(=O)N3CCC[C@H]3C2=O)cc1. The van der Waals surface area contributed by atoms with Crippen LogP contribution in [-0.4, -0.2) is 77.2 Å². The molecule has 3 fully saturated rings. The third-order valence-electron chi connectivity index (χ3n) is 6.93. The molecule has 1 N–H and O–H groups in total. The van der Waals surface area contributed by atoms with Gasteiger partial charge in [0.2, 0.25) is 11.8 Å². The number of carbonyl (C=O) groups is 3. The lowest BCUT2D eigenvalue weighted by atomic mass is 10.0. The van der Waals surface area contributed by atoms with E-state index in [1.807, 2.05) is 12.1 Å². The Bertz CT molecular complexity index is 810. The molecule has 3 heterocycles. The van der Waals surface area contributed by atoms with E-state index in [9.17, 15) is 14.4 Å². The molecule has 0 radical (unpaired) electrons. The maximum atomic E-state index is 12.7. The Morgan fingerprint density at radius 1 is 1.06 bits per heavy atom. The lowest BCUT2D eigenvalue weighted by molar-refractivity contribution is -0.154. The summed E-state index contributed by atoms with van der Waals surface area (Å²) in [6.07, 6.45) is 6.49. The molecule has 31 heavy (non-hydrogen) atoms. The Labute approximate surface area is 184 Å². The third-order valence-corrected chi connectivity index (χ3v) is 6.93. The molecule has 1 aromatic carbocycles. The van der Waals surface area contributed by atoms with Gasteiger partial charge in [-0.25, -0.2) is 0 Å². The van der Waals surface area contributed by atoms with Crippen molar-refractivity contribution in [3.8, 4) is 0 Å². The largest absolute Gasteiger partial charge is 0.352 e. The molecule has 0 bridgehead atoms. The molecule has 1 aromatic rings. The average Bonchev–Trinajstić information content (AvgIpc) is 3.27. The number of benzene rings is 1. The quantitative estimate of drug-likeness (QED) is 0.677. The van der Waals surface area contributed by atoms with E-state index in [1.165, 1.54) is 25.8 Å². The molecule has 4 rings (SSSR count). The molecule has 168 valence electrons. The Morgan fingerprint density at radius 3 is 2.65 bits per heavy atom. The minimum absolute atomic E-state index is 0.0389. The first-order chi connectivity index (χ1) is 15.0. The molecule has 7 heteroatoms. The predicted octanol–water partition coefficient (Wildman–Crippen LogP) is 2.01. The summed E-state index contributed by atoms with van der Waals surface area (Å²) in [4.78, 5) is 43.3. The van der Waals surface area contributed by atoms with Gasteiger partial charge in [0.05, 0.1) is 0 Å². The van der Waals surface area contributed by atoms with Gasteiger partial charge in [0.15, 0.2) is 0 Å². The zero-order valence-corrected chi connectivity index (χ0v) is 18.5. The molecule has 0 aliphatic carbocycles. The topological polar surface area (TPSA) is 73.0 Å². The highest BCUT2D eigenvalue weighted by molar-refractivity contribution is 5.95. The molecule has 3 saturated heterocycles. The summed E-state index contributed by atoms with van der Waals surface area (Å²) in [5.74, 6) is 0.0167. The van der Waals surface area contributed by atoms with Crippen LogP contribution in [0, 0.1) is 0 Å². The summed E-state index contributed by atoms with van der Waals surface area (Å²) < 4.78 is 0. The van der Waals surface area contributed by atoms with Gasteiger partial charge in [0, 0.05) is 37.8 Å². The van der Waals surface area contributed by atoms with Crippen molar-refractivity contribution in [1.29, 1.82) is 0 Å². The lowest BCUT2D eigenvalue weighted by Crippen LogP contribution is -2.56. The fraction of sp³-hybridized carbons (Fsp3) is 0.625. The van der Waals surface area contributed by atoms with Gasteiger partial charge in [-0.05, 0) is 63.3 Å². The summed E-state index contributed by atoms with van der Waals surface area (Å²) in [6, 6.07) is 7.73. The molecule has 7 nitrogen and oxygen atoms in total. The van der Waals surface area contributed by atoms with Crippen LogP contribution in [0.5, 0.6) is 0 Å². The first-order valence-corrected chi connectivity index (χ1v) is 11.7. The number of amides is 3. The third kappa shape index (κ3) is 5.09. The van der Waals surface area contributed by atoms with Gasteiger partial charge in [0.1, 0.15) is 12.6 Å². The summed E-state index contributed by atoms with van der Waals surface area (Å²) in [5.41, 5.74) is 1.56. The molecule has 0 spiro atoms. The van der Waals surface area contributed by atoms with Crippen molar-refractivity contribution in [2.24, 2.45) is 0 Å². The van der Waals surface area contributed by atoms with Gasteiger partial charge in [-0.15, -0.1) is 0 Å². The van der Waals surface area contributed by atoms with Crippen LogP contribution in [0.4, 0.5) is 0 Å². The van der Waals surface area contributed by atoms with E-state index in [1.54, 1.807) is 21.9 Å². The fourth-order valence-corrected chi connectivity index (χ4v) is 5.06. The molecule has 0 saturated carbocycles. The van der Waals surface area contributed by atoms with Crippen molar-refractivity contribution in [2.75, 3.05) is 32.7 Å². The zero-order valence-electron chi connectivity index (χ0n) is 18.5. The molecule has 3 amide bonds. The number of carbonyl (C=O) groups excluding carboxylic acids is 3. The van der Waals surface area contributed by atoms with E-state index in [2.05, 4.69) is 17.1 Å². The standard InChI is InChI=1S/C24H34N4O3/c1-18-6-2-3-13-26(18)14-5-12-25-23(30)20-10-8-19(9-11-20)16-27-17-22(29)28-15-4-7-21(28)24(27)31/h8-11,18,21H,2-7,12-17H2,1H3,(H,25,30)/t18-,21+/m1/s1. The van der Waals surface area contributed by atoms with E-state index < -0.39 is 0 Å². The Morgan fingerprint density at radius 2 is 1.87 bits per heavy atom. The molecule has 2 atom stereocenters. The van der Waals surface area contributed by atoms with E-state index in [0.29, 0.717) is 31.2 Å². The highest BCUT2D eigenvalue weighted by atomic mass is 16.2. The Kier molecular flexibility index (Phi) is 6.90. The first-order valence-electron chi connectivity index (χ1n) is 11.7. The van der Waals surface area contributed by atoms with Crippen molar-refractivity contribution in [3.05, 3.63) is 35.4 Å². The van der Waals surface area contributed by atoms with Gasteiger partial charge < -0.3 is 20.0 Å². The molecular formula is C24H34N4O3. The van der Waals surface area contributed by atoms with Crippen LogP contribution in [0.25, 0.3) is 0 Å². The highest BCUT2D eigenvalue weighted by Gasteiger charge is 2.41. The molecular weight excluding hydrogens is 392 g/mol. The summed E-state index contributed by atoms with van der Waals surface area (Å²) in [5, 5.41) is 3.01. The zero-order chi connectivity index (χ0) is 21.8. The van der Waals surface area contributed by atoms with Crippen LogP contribution in [0.2, 0.25) is 0 Å². The van der Waals surface area contributed by atoms with Gasteiger partial charge >= 0.3 is 0 Å². The maximum absolute atomic E-state index is 12.7. The van der Waals surface area contributed by atoms with Gasteiger partial charge in [-0.2, -0.15) is 0 Å². The van der Waals surface area contributed by atoms with E-state index >= 15 is 0 Å². The normalized spacial score (nSPS) is 24.4. The smallest absolute Gasteiger partial charge is 0.251 e.